The molecule has 0 spiro atoms. The number of hydrogen-bond acceptors (Lipinski definition) is 3. The zero-order chi connectivity index (χ0) is 13.0. The molecule has 98 valence electrons. The number of carboxylic acids is 1. The molecule has 1 aromatic rings. The Morgan fingerprint density at radius 2 is 2.17 bits per heavy atom. The summed E-state index contributed by atoms with van der Waals surface area (Å²) in [4.78, 5) is 17.1. The van der Waals surface area contributed by atoms with E-state index in [1.807, 2.05) is 18.0 Å². The predicted octanol–water partition coefficient (Wildman–Crippen LogP) is 2.80. The Hall–Kier alpha value is -1.58. The molecular weight excluding hydrogens is 228 g/mol. The van der Waals surface area contributed by atoms with Gasteiger partial charge in [0, 0.05) is 19.8 Å². The molecule has 0 bridgehead atoms. The lowest BCUT2D eigenvalue weighted by atomic mass is 9.89. The molecule has 1 N–H and O–H groups in total. The number of aromatic carboxylic acids is 1. The van der Waals surface area contributed by atoms with Gasteiger partial charge in [-0.3, -0.25) is 0 Å². The average molecular weight is 248 g/mol. The van der Waals surface area contributed by atoms with Crippen molar-refractivity contribution < 1.29 is 9.90 Å². The second kappa shape index (κ2) is 5.85. The lowest BCUT2D eigenvalue weighted by molar-refractivity contribution is 0.0691. The van der Waals surface area contributed by atoms with Crippen LogP contribution in [-0.2, 0) is 0 Å². The summed E-state index contributed by atoms with van der Waals surface area (Å²) >= 11 is 0. The molecule has 0 aromatic carbocycles. The van der Waals surface area contributed by atoms with Crippen molar-refractivity contribution in [1.82, 2.24) is 4.98 Å². The smallest absolute Gasteiger partial charge is 0.356 e. The van der Waals surface area contributed by atoms with E-state index in [0.29, 0.717) is 5.92 Å². The maximum absolute atomic E-state index is 11.1. The number of pyridine rings is 1. The van der Waals surface area contributed by atoms with E-state index >= 15 is 0 Å². The highest BCUT2D eigenvalue weighted by Gasteiger charge is 2.19. The van der Waals surface area contributed by atoms with Crippen LogP contribution in [0.15, 0.2) is 18.3 Å². The predicted molar refractivity (Wildman–Crippen MR) is 71.0 cm³/mol. The van der Waals surface area contributed by atoms with E-state index in [0.717, 1.165) is 12.2 Å². The maximum Gasteiger partial charge on any atom is 0.356 e. The normalized spacial score (nSPS) is 16.5. The van der Waals surface area contributed by atoms with Crippen molar-refractivity contribution in [3.63, 3.8) is 0 Å². The number of carbonyl (C=O) groups is 1. The average Bonchev–Trinajstić information content (AvgIpc) is 2.40. The van der Waals surface area contributed by atoms with Gasteiger partial charge in [-0.1, -0.05) is 19.3 Å². The highest BCUT2D eigenvalue weighted by Crippen LogP contribution is 2.26. The number of carboxylic acid groups (broad SMARTS) is 1. The summed E-state index contributed by atoms with van der Waals surface area (Å²) in [6.07, 6.45) is 7.99. The van der Waals surface area contributed by atoms with E-state index in [2.05, 4.69) is 4.98 Å². The Morgan fingerprint density at radius 1 is 1.44 bits per heavy atom. The number of hydrogen-bond donors (Lipinski definition) is 1. The van der Waals surface area contributed by atoms with Crippen molar-refractivity contribution in [1.29, 1.82) is 0 Å². The molecule has 0 saturated heterocycles. The van der Waals surface area contributed by atoms with Crippen molar-refractivity contribution in [2.24, 2.45) is 5.92 Å². The van der Waals surface area contributed by atoms with Gasteiger partial charge in [0.15, 0.2) is 5.69 Å². The van der Waals surface area contributed by atoms with Crippen molar-refractivity contribution in [3.8, 4) is 0 Å². The van der Waals surface area contributed by atoms with Crippen molar-refractivity contribution in [3.05, 3.63) is 24.0 Å². The first-order valence-corrected chi connectivity index (χ1v) is 6.58. The highest BCUT2D eigenvalue weighted by molar-refractivity contribution is 5.92. The molecule has 4 heteroatoms. The molecule has 0 amide bonds. The Balaban J connectivity index is 2.08. The van der Waals surface area contributed by atoms with Gasteiger partial charge >= 0.3 is 5.97 Å². The largest absolute Gasteiger partial charge is 0.476 e. The Bertz CT molecular complexity index is 414. The maximum atomic E-state index is 11.1. The topological polar surface area (TPSA) is 53.4 Å². The fourth-order valence-electron chi connectivity index (χ4n) is 2.72. The van der Waals surface area contributed by atoms with Gasteiger partial charge in [-0.25, -0.2) is 9.78 Å². The zero-order valence-electron chi connectivity index (χ0n) is 10.8. The summed E-state index contributed by atoms with van der Waals surface area (Å²) in [6, 6.07) is 3.62. The van der Waals surface area contributed by atoms with Crippen LogP contribution in [0.2, 0.25) is 0 Å². The van der Waals surface area contributed by atoms with E-state index in [-0.39, 0.29) is 5.69 Å². The summed E-state index contributed by atoms with van der Waals surface area (Å²) in [5.74, 6) is -0.272. The Morgan fingerprint density at radius 3 is 2.83 bits per heavy atom. The molecular formula is C14H20N2O2. The lowest BCUT2D eigenvalue weighted by Gasteiger charge is -2.28. The summed E-state index contributed by atoms with van der Waals surface area (Å²) in [6.45, 7) is 0.923. The van der Waals surface area contributed by atoms with E-state index in [4.69, 9.17) is 5.11 Å². The molecule has 0 atom stereocenters. The van der Waals surface area contributed by atoms with E-state index in [1.165, 1.54) is 38.3 Å². The molecule has 1 aromatic heterocycles. The summed E-state index contributed by atoms with van der Waals surface area (Å²) in [5, 5.41) is 9.13. The molecule has 1 aliphatic rings. The van der Waals surface area contributed by atoms with Gasteiger partial charge in [-0.2, -0.15) is 0 Å². The number of rotatable bonds is 4. The first-order valence-electron chi connectivity index (χ1n) is 6.58. The minimum atomic E-state index is -0.957. The van der Waals surface area contributed by atoms with Crippen LogP contribution in [0.3, 0.4) is 0 Å². The van der Waals surface area contributed by atoms with Crippen molar-refractivity contribution >= 4 is 11.7 Å². The first-order chi connectivity index (χ1) is 8.68. The van der Waals surface area contributed by atoms with Crippen LogP contribution in [0.1, 0.15) is 42.6 Å². The van der Waals surface area contributed by atoms with Gasteiger partial charge in [0.1, 0.15) is 0 Å². The summed E-state index contributed by atoms with van der Waals surface area (Å²) < 4.78 is 0. The van der Waals surface area contributed by atoms with Crippen LogP contribution in [0.5, 0.6) is 0 Å². The minimum Gasteiger partial charge on any atom is -0.476 e. The zero-order valence-corrected chi connectivity index (χ0v) is 10.8. The SMILES string of the molecule is CN(CC1CCCCC1)c1cccnc1C(=O)O. The van der Waals surface area contributed by atoms with E-state index in [9.17, 15) is 4.79 Å². The van der Waals surface area contributed by atoms with Gasteiger partial charge in [-0.05, 0) is 30.9 Å². The van der Waals surface area contributed by atoms with Gasteiger partial charge in [0.25, 0.3) is 0 Å². The fraction of sp³-hybridized carbons (Fsp3) is 0.571. The second-order valence-corrected chi connectivity index (χ2v) is 5.06. The van der Waals surface area contributed by atoms with Crippen molar-refractivity contribution in [2.75, 3.05) is 18.5 Å². The third-order valence-electron chi connectivity index (χ3n) is 3.66. The molecule has 0 radical (unpaired) electrons. The Kier molecular flexibility index (Phi) is 4.18. The molecule has 18 heavy (non-hydrogen) atoms. The molecule has 0 aliphatic heterocycles. The van der Waals surface area contributed by atoms with E-state index < -0.39 is 5.97 Å². The second-order valence-electron chi connectivity index (χ2n) is 5.06. The number of anilines is 1. The van der Waals surface area contributed by atoms with Gasteiger partial charge in [0.2, 0.25) is 0 Å². The van der Waals surface area contributed by atoms with Crippen LogP contribution >= 0.6 is 0 Å². The van der Waals surface area contributed by atoms with Gasteiger partial charge in [0.05, 0.1) is 5.69 Å². The van der Waals surface area contributed by atoms with Crippen LogP contribution in [-0.4, -0.2) is 29.7 Å². The third kappa shape index (κ3) is 3.00. The fourth-order valence-corrected chi connectivity index (χ4v) is 2.72. The molecule has 2 rings (SSSR count). The lowest BCUT2D eigenvalue weighted by Crippen LogP contribution is -2.28. The number of nitrogens with zero attached hydrogens (tertiary/aromatic N) is 2. The number of aromatic nitrogens is 1. The van der Waals surface area contributed by atoms with Crippen molar-refractivity contribution in [2.45, 2.75) is 32.1 Å². The monoisotopic (exact) mass is 248 g/mol. The van der Waals surface area contributed by atoms with Crippen LogP contribution in [0.4, 0.5) is 5.69 Å². The molecule has 1 aliphatic carbocycles. The molecule has 0 unspecified atom stereocenters. The van der Waals surface area contributed by atoms with Crippen LogP contribution in [0.25, 0.3) is 0 Å². The highest BCUT2D eigenvalue weighted by atomic mass is 16.4. The third-order valence-corrected chi connectivity index (χ3v) is 3.66. The molecule has 4 nitrogen and oxygen atoms in total. The standard InChI is InChI=1S/C14H20N2O2/c1-16(10-11-6-3-2-4-7-11)12-8-5-9-15-13(12)14(17)18/h5,8-9,11H,2-4,6-7,10H2,1H3,(H,17,18). The molecule has 1 fully saturated rings. The molecule has 1 saturated carbocycles. The summed E-state index contributed by atoms with van der Waals surface area (Å²) in [5.41, 5.74) is 0.867. The summed E-state index contributed by atoms with van der Waals surface area (Å²) in [7, 11) is 1.96. The quantitative estimate of drug-likeness (QED) is 0.890. The first kappa shape index (κ1) is 12.9. The van der Waals surface area contributed by atoms with Gasteiger partial charge < -0.3 is 10.0 Å². The van der Waals surface area contributed by atoms with Crippen LogP contribution < -0.4 is 4.90 Å². The van der Waals surface area contributed by atoms with Gasteiger partial charge in [-0.15, -0.1) is 0 Å². The molecule has 1 heterocycles. The Labute approximate surface area is 108 Å². The minimum absolute atomic E-state index is 0.149. The van der Waals surface area contributed by atoms with E-state index in [1.54, 1.807) is 6.07 Å². The van der Waals surface area contributed by atoms with Crippen LogP contribution in [0, 0.1) is 5.92 Å².